The van der Waals surface area contributed by atoms with Crippen LogP contribution in [-0.2, 0) is 0 Å². The molecule has 0 aliphatic heterocycles. The van der Waals surface area contributed by atoms with Gasteiger partial charge in [-0.3, -0.25) is 0 Å². The molecule has 0 nitrogen and oxygen atoms in total. The highest BCUT2D eigenvalue weighted by Crippen LogP contribution is 1.87. The van der Waals surface area contributed by atoms with Crippen molar-refractivity contribution in [2.24, 2.45) is 23.7 Å². The van der Waals surface area contributed by atoms with Crippen LogP contribution in [0.3, 0.4) is 0 Å². The topological polar surface area (TPSA) is 0 Å². The fourth-order valence-electron chi connectivity index (χ4n) is 1.03. The molecule has 0 saturated heterocycles. The highest BCUT2D eigenvalue weighted by Gasteiger charge is 1.79. The van der Waals surface area contributed by atoms with E-state index in [1.165, 1.54) is 0 Å². The van der Waals surface area contributed by atoms with Crippen molar-refractivity contribution in [3.05, 3.63) is 24.3 Å². The van der Waals surface area contributed by atoms with Gasteiger partial charge in [-0.1, -0.05) is 103 Å². The summed E-state index contributed by atoms with van der Waals surface area (Å²) in [6.45, 7) is 16.6. The molecule has 128 valence electrons. The quantitative estimate of drug-likeness (QED) is 0.501. The molecule has 0 rings (SSSR count). The second-order valence-electron chi connectivity index (χ2n) is 6.44. The molecule has 0 N–H and O–H groups in total. The summed E-state index contributed by atoms with van der Waals surface area (Å²) in [7, 11) is 0. The Balaban J connectivity index is 0. The highest BCUT2D eigenvalue weighted by atomic mass is 13.8. The van der Waals surface area contributed by atoms with Crippen LogP contribution < -0.4 is 0 Å². The summed E-state index contributed by atoms with van der Waals surface area (Å²) in [5, 5.41) is 0. The van der Waals surface area contributed by atoms with Gasteiger partial charge in [0.2, 0.25) is 0 Å². The molecule has 0 aromatic rings. The third kappa shape index (κ3) is 28.0. The molecule has 0 heterocycles. The van der Waals surface area contributed by atoms with E-state index in [2.05, 4.69) is 103 Å². The Labute approximate surface area is 151 Å². The number of hydrogen-bond donors (Lipinski definition) is 0. The van der Waals surface area contributed by atoms with Gasteiger partial charge in [0.1, 0.15) is 0 Å². The maximum Gasteiger partial charge on any atom is 0.0149 e. The average Bonchev–Trinajstić information content (AvgIpc) is 2.46. The minimum absolute atomic E-state index is 0.438. The van der Waals surface area contributed by atoms with Gasteiger partial charge < -0.3 is 0 Å². The van der Waals surface area contributed by atoms with E-state index in [9.17, 15) is 0 Å². The van der Waals surface area contributed by atoms with Gasteiger partial charge in [-0.2, -0.15) is 0 Å². The van der Waals surface area contributed by atoms with Crippen molar-refractivity contribution in [3.63, 3.8) is 0 Å². The fourth-order valence-corrected chi connectivity index (χ4v) is 1.03. The molecule has 0 amide bonds. The second kappa shape index (κ2) is 17.1. The number of hydrogen-bond acceptors (Lipinski definition) is 0. The largest absolute Gasteiger partial charge is 0.0957 e. The van der Waals surface area contributed by atoms with Gasteiger partial charge in [0, 0.05) is 23.7 Å². The zero-order valence-corrected chi connectivity index (χ0v) is 16.6. The van der Waals surface area contributed by atoms with E-state index >= 15 is 0 Å². The predicted molar refractivity (Wildman–Crippen MR) is 109 cm³/mol. The Morgan fingerprint density at radius 3 is 0.667 bits per heavy atom. The standard InChI is InChI=1S/2C12H16/c2*1-11(2)9-7-5-6-8-10-12(3)4/h2*5-6,11-12H,1-4H3/b6-5+;6-5-. The zero-order valence-electron chi connectivity index (χ0n) is 16.6. The number of rotatable bonds is 0. The Kier molecular flexibility index (Phi) is 17.1. The van der Waals surface area contributed by atoms with Crippen molar-refractivity contribution in [2.75, 3.05) is 0 Å². The molecular formula is C24H32. The van der Waals surface area contributed by atoms with Crippen LogP contribution in [0.5, 0.6) is 0 Å². The molecule has 0 radical (unpaired) electrons. The van der Waals surface area contributed by atoms with Crippen LogP contribution in [0.2, 0.25) is 0 Å². The van der Waals surface area contributed by atoms with E-state index in [-0.39, 0.29) is 0 Å². The van der Waals surface area contributed by atoms with Gasteiger partial charge >= 0.3 is 0 Å². The minimum atomic E-state index is 0.438. The first-order valence-corrected chi connectivity index (χ1v) is 8.59. The SMILES string of the molecule is CC(C)C#C/C=C/C#CC(C)C.CC(C)C#C/C=C\C#CC(C)C. The van der Waals surface area contributed by atoms with E-state index in [0.717, 1.165) is 0 Å². The second-order valence-corrected chi connectivity index (χ2v) is 6.44. The monoisotopic (exact) mass is 320 g/mol. The van der Waals surface area contributed by atoms with Crippen LogP contribution in [-0.4, -0.2) is 0 Å². The van der Waals surface area contributed by atoms with Gasteiger partial charge in [0.25, 0.3) is 0 Å². The minimum Gasteiger partial charge on any atom is -0.0957 e. The van der Waals surface area contributed by atoms with Gasteiger partial charge in [-0.05, 0) is 24.3 Å². The molecular weight excluding hydrogens is 288 g/mol. The summed E-state index contributed by atoms with van der Waals surface area (Å²) in [4.78, 5) is 0. The fraction of sp³-hybridized carbons (Fsp3) is 0.500. The molecule has 0 aromatic carbocycles. The summed E-state index contributed by atoms with van der Waals surface area (Å²) in [5.41, 5.74) is 0. The summed E-state index contributed by atoms with van der Waals surface area (Å²) in [6.07, 6.45) is 7.20. The van der Waals surface area contributed by atoms with Crippen molar-refractivity contribution >= 4 is 0 Å². The average molecular weight is 321 g/mol. The molecule has 0 spiro atoms. The van der Waals surface area contributed by atoms with Crippen molar-refractivity contribution < 1.29 is 0 Å². The van der Waals surface area contributed by atoms with Crippen molar-refractivity contribution in [2.45, 2.75) is 55.4 Å². The summed E-state index contributed by atoms with van der Waals surface area (Å²) in [5.74, 6) is 25.6. The molecule has 0 aliphatic rings. The van der Waals surface area contributed by atoms with E-state index in [1.807, 2.05) is 0 Å². The van der Waals surface area contributed by atoms with Crippen LogP contribution in [0.15, 0.2) is 24.3 Å². The lowest BCUT2D eigenvalue weighted by atomic mass is 10.2. The van der Waals surface area contributed by atoms with E-state index in [1.54, 1.807) is 24.3 Å². The first kappa shape index (κ1) is 24.0. The third-order valence-electron chi connectivity index (χ3n) is 1.99. The van der Waals surface area contributed by atoms with Crippen LogP contribution in [0.25, 0.3) is 0 Å². The Morgan fingerprint density at radius 2 is 0.542 bits per heavy atom. The summed E-state index contributed by atoms with van der Waals surface area (Å²) < 4.78 is 0. The Bertz CT molecular complexity index is 492. The number of allylic oxidation sites excluding steroid dienone is 4. The molecule has 0 bridgehead atoms. The van der Waals surface area contributed by atoms with Gasteiger partial charge in [0.15, 0.2) is 0 Å². The molecule has 0 saturated carbocycles. The third-order valence-corrected chi connectivity index (χ3v) is 1.99. The lowest BCUT2D eigenvalue weighted by molar-refractivity contribution is 0.866. The molecule has 0 heteroatoms. The highest BCUT2D eigenvalue weighted by molar-refractivity contribution is 5.26. The summed E-state index contributed by atoms with van der Waals surface area (Å²) >= 11 is 0. The smallest absolute Gasteiger partial charge is 0.0149 e. The first-order valence-electron chi connectivity index (χ1n) is 8.59. The van der Waals surface area contributed by atoms with Crippen LogP contribution in [0.4, 0.5) is 0 Å². The van der Waals surface area contributed by atoms with Gasteiger partial charge in [-0.25, -0.2) is 0 Å². The van der Waals surface area contributed by atoms with Crippen LogP contribution in [0.1, 0.15) is 55.4 Å². The lowest BCUT2D eigenvalue weighted by Gasteiger charge is -1.84. The van der Waals surface area contributed by atoms with Gasteiger partial charge in [0.05, 0.1) is 0 Å². The van der Waals surface area contributed by atoms with E-state index in [0.29, 0.717) is 23.7 Å². The maximum absolute atomic E-state index is 3.03. The Hall–Kier alpha value is -2.28. The Morgan fingerprint density at radius 1 is 0.375 bits per heavy atom. The lowest BCUT2D eigenvalue weighted by Crippen LogP contribution is -1.76. The molecule has 0 aliphatic carbocycles. The first-order chi connectivity index (χ1) is 11.3. The molecule has 0 fully saturated rings. The predicted octanol–water partition coefficient (Wildman–Crippen LogP) is 5.72. The molecule has 24 heavy (non-hydrogen) atoms. The van der Waals surface area contributed by atoms with Crippen molar-refractivity contribution in [1.82, 2.24) is 0 Å². The zero-order chi connectivity index (χ0) is 18.8. The van der Waals surface area contributed by atoms with E-state index < -0.39 is 0 Å². The van der Waals surface area contributed by atoms with Gasteiger partial charge in [-0.15, -0.1) is 0 Å². The molecule has 0 atom stereocenters. The molecule has 0 aromatic heterocycles. The van der Waals surface area contributed by atoms with Crippen molar-refractivity contribution in [3.8, 4) is 47.4 Å². The summed E-state index contributed by atoms with van der Waals surface area (Å²) in [6, 6.07) is 0. The maximum atomic E-state index is 3.03. The normalized spacial score (nSPS) is 9.50. The molecule has 0 unspecified atom stereocenters. The van der Waals surface area contributed by atoms with Crippen molar-refractivity contribution in [1.29, 1.82) is 0 Å². The van der Waals surface area contributed by atoms with Crippen LogP contribution >= 0.6 is 0 Å². The van der Waals surface area contributed by atoms with Crippen LogP contribution in [0, 0.1) is 71.0 Å². The van der Waals surface area contributed by atoms with E-state index in [4.69, 9.17) is 0 Å².